The number of nitrogens with zero attached hydrogens (tertiary/aromatic N) is 4. The lowest BCUT2D eigenvalue weighted by Gasteiger charge is -2.33. The number of aliphatic hydroxyl groups excluding tert-OH is 1. The number of aryl methyl sites for hydroxylation is 1. The van der Waals surface area contributed by atoms with Crippen LogP contribution in [0.25, 0.3) is 0 Å². The van der Waals surface area contributed by atoms with Crippen LogP contribution in [0.2, 0.25) is 0 Å². The van der Waals surface area contributed by atoms with Crippen molar-refractivity contribution >= 4 is 27.5 Å². The lowest BCUT2D eigenvalue weighted by atomic mass is 10.0. The monoisotopic (exact) mass is 533 g/mol. The van der Waals surface area contributed by atoms with Gasteiger partial charge >= 0.3 is 0 Å². The maximum atomic E-state index is 13.3. The summed E-state index contributed by atoms with van der Waals surface area (Å²) in [6.45, 7) is 3.76. The van der Waals surface area contributed by atoms with Crippen LogP contribution in [0.5, 0.6) is 5.75 Å². The maximum absolute atomic E-state index is 13.3. The highest BCUT2D eigenvalue weighted by molar-refractivity contribution is 7.89. The smallest absolute Gasteiger partial charge is 0.261 e. The number of fused-ring (bicyclic) bond motifs is 1. The lowest BCUT2D eigenvalue weighted by molar-refractivity contribution is -0.134. The molecule has 2 heterocycles. The number of anilines is 1. The number of nitrogens with one attached hydrogen (secondary N) is 1. The van der Waals surface area contributed by atoms with Gasteiger partial charge in [0.15, 0.2) is 5.03 Å². The molecule has 1 fully saturated rings. The Morgan fingerprint density at radius 3 is 2.70 bits per heavy atom. The first-order valence-corrected chi connectivity index (χ1v) is 13.9. The molecule has 1 saturated carbocycles. The van der Waals surface area contributed by atoms with Gasteiger partial charge in [-0.15, -0.1) is 0 Å². The highest BCUT2D eigenvalue weighted by Crippen LogP contribution is 2.32. The molecule has 0 radical (unpaired) electrons. The van der Waals surface area contributed by atoms with Crippen molar-refractivity contribution in [2.75, 3.05) is 32.1 Å². The number of likely N-dealkylation sites (N-methyl/N-ethyl adjacent to an activating group) is 1. The Kier molecular flexibility index (Phi) is 7.91. The van der Waals surface area contributed by atoms with E-state index >= 15 is 0 Å². The van der Waals surface area contributed by atoms with Gasteiger partial charge < -0.3 is 24.6 Å². The summed E-state index contributed by atoms with van der Waals surface area (Å²) < 4.78 is 35.4. The van der Waals surface area contributed by atoms with Crippen molar-refractivity contribution < 1.29 is 27.9 Å². The van der Waals surface area contributed by atoms with Crippen LogP contribution in [0.3, 0.4) is 0 Å². The second-order valence-electron chi connectivity index (χ2n) is 10.1. The van der Waals surface area contributed by atoms with E-state index < -0.39 is 22.2 Å². The van der Waals surface area contributed by atoms with Gasteiger partial charge in [-0.05, 0) is 38.0 Å². The van der Waals surface area contributed by atoms with Crippen molar-refractivity contribution in [2.45, 2.75) is 50.3 Å². The first-order chi connectivity index (χ1) is 17.5. The van der Waals surface area contributed by atoms with Crippen molar-refractivity contribution in [3.05, 3.63) is 36.3 Å². The number of benzene rings is 1. The molecule has 1 aromatic heterocycles. The Labute approximate surface area is 217 Å². The minimum Gasteiger partial charge on any atom is -0.488 e. The minimum absolute atomic E-state index is 0.0221. The third-order valence-electron chi connectivity index (χ3n) is 6.93. The summed E-state index contributed by atoms with van der Waals surface area (Å²) in [5, 5.41) is 12.6. The molecule has 1 aliphatic carbocycles. The normalized spacial score (nSPS) is 21.5. The van der Waals surface area contributed by atoms with E-state index in [-0.39, 0.29) is 54.8 Å². The molecule has 0 bridgehead atoms. The number of aromatic nitrogens is 2. The van der Waals surface area contributed by atoms with Crippen LogP contribution in [0.15, 0.2) is 35.7 Å². The largest absolute Gasteiger partial charge is 0.488 e. The van der Waals surface area contributed by atoms with Crippen LogP contribution in [0.1, 0.15) is 32.3 Å². The molecular weight excluding hydrogens is 498 g/mol. The van der Waals surface area contributed by atoms with E-state index in [1.54, 1.807) is 41.6 Å². The molecule has 4 rings (SSSR count). The fourth-order valence-electron chi connectivity index (χ4n) is 4.35. The molecule has 0 spiro atoms. The number of carbonyl (C=O) groups excluding carboxylic acids is 2. The van der Waals surface area contributed by atoms with Gasteiger partial charge in [0.2, 0.25) is 11.8 Å². The first kappa shape index (κ1) is 27.1. The van der Waals surface area contributed by atoms with Crippen molar-refractivity contribution in [2.24, 2.45) is 18.9 Å². The van der Waals surface area contributed by atoms with E-state index in [9.17, 15) is 23.1 Å². The molecule has 0 saturated heterocycles. The quantitative estimate of drug-likeness (QED) is 0.521. The topological polar surface area (TPSA) is 134 Å². The van der Waals surface area contributed by atoms with E-state index in [0.29, 0.717) is 17.0 Å². The molecule has 3 atom stereocenters. The minimum atomic E-state index is -3.86. The molecule has 37 heavy (non-hydrogen) atoms. The maximum Gasteiger partial charge on any atom is 0.261 e. The predicted octanol–water partition coefficient (Wildman–Crippen LogP) is 1.24. The van der Waals surface area contributed by atoms with E-state index in [4.69, 9.17) is 4.74 Å². The van der Waals surface area contributed by atoms with Gasteiger partial charge in [-0.2, -0.15) is 4.31 Å². The van der Waals surface area contributed by atoms with Gasteiger partial charge in [0.1, 0.15) is 11.9 Å². The molecular formula is C25H35N5O6S. The summed E-state index contributed by atoms with van der Waals surface area (Å²) >= 11 is 0. The third kappa shape index (κ3) is 6.13. The highest BCUT2D eigenvalue weighted by atomic mass is 32.2. The zero-order valence-corrected chi connectivity index (χ0v) is 22.4. The molecule has 2 aromatic rings. The molecule has 2 amide bonds. The van der Waals surface area contributed by atoms with Crippen molar-refractivity contribution in [3.8, 4) is 5.75 Å². The summed E-state index contributed by atoms with van der Waals surface area (Å²) in [5.74, 6) is -0.000217. The number of carbonyl (C=O) groups is 2. The van der Waals surface area contributed by atoms with Gasteiger partial charge in [0.05, 0.1) is 31.9 Å². The number of imidazole rings is 1. The Hall–Kier alpha value is -2.96. The second-order valence-corrected chi connectivity index (χ2v) is 12.1. The number of rotatable bonds is 8. The van der Waals surface area contributed by atoms with E-state index in [1.165, 1.54) is 23.9 Å². The van der Waals surface area contributed by atoms with Gasteiger partial charge in [-0.3, -0.25) is 9.59 Å². The Morgan fingerprint density at radius 1 is 1.35 bits per heavy atom. The Bertz CT molecular complexity index is 1260. The van der Waals surface area contributed by atoms with Crippen molar-refractivity contribution in [1.82, 2.24) is 18.8 Å². The van der Waals surface area contributed by atoms with Crippen LogP contribution in [-0.2, 0) is 33.1 Å². The number of hydrogen-bond acceptors (Lipinski definition) is 7. The molecule has 2 aliphatic rings. The van der Waals surface area contributed by atoms with Crippen molar-refractivity contribution in [1.29, 1.82) is 0 Å². The number of hydrogen-bond donors (Lipinski definition) is 2. The fraction of sp³-hybridized carbons (Fsp3) is 0.560. The average Bonchev–Trinajstić information content (AvgIpc) is 3.61. The van der Waals surface area contributed by atoms with Crippen LogP contribution in [0.4, 0.5) is 5.69 Å². The summed E-state index contributed by atoms with van der Waals surface area (Å²) in [6.07, 6.45) is 4.04. The molecule has 0 unspecified atom stereocenters. The van der Waals surface area contributed by atoms with Gasteiger partial charge in [0.25, 0.3) is 10.0 Å². The van der Waals surface area contributed by atoms with Crippen LogP contribution >= 0.6 is 0 Å². The third-order valence-corrected chi connectivity index (χ3v) is 8.63. The second kappa shape index (κ2) is 10.8. The molecule has 1 aromatic carbocycles. The van der Waals surface area contributed by atoms with Gasteiger partial charge in [0, 0.05) is 49.9 Å². The van der Waals surface area contributed by atoms with Gasteiger partial charge in [-0.25, -0.2) is 13.4 Å². The van der Waals surface area contributed by atoms with Crippen LogP contribution < -0.4 is 10.1 Å². The zero-order chi connectivity index (χ0) is 26.9. The number of amides is 2. The summed E-state index contributed by atoms with van der Waals surface area (Å²) in [4.78, 5) is 31.2. The van der Waals surface area contributed by atoms with E-state index in [2.05, 4.69) is 10.3 Å². The predicted molar refractivity (Wildman–Crippen MR) is 136 cm³/mol. The van der Waals surface area contributed by atoms with E-state index in [0.717, 1.165) is 12.8 Å². The summed E-state index contributed by atoms with van der Waals surface area (Å²) in [6, 6.07) is 4.75. The van der Waals surface area contributed by atoms with Crippen molar-refractivity contribution in [3.63, 3.8) is 0 Å². The molecule has 2 N–H and O–H groups in total. The molecule has 11 nitrogen and oxygen atoms in total. The van der Waals surface area contributed by atoms with E-state index in [1.807, 2.05) is 6.92 Å². The highest BCUT2D eigenvalue weighted by Gasteiger charge is 2.34. The SMILES string of the molecule is C[C@@H]1CN([C@@H](C)CO)C(=O)Cc2cc(NC(=O)C3CC3)ccc2O[C@H]1CN(C)S(=O)(=O)c1cn(C)cn1. The van der Waals surface area contributed by atoms with Crippen LogP contribution in [-0.4, -0.2) is 83.0 Å². The molecule has 12 heteroatoms. The Morgan fingerprint density at radius 2 is 2.08 bits per heavy atom. The fourth-order valence-corrected chi connectivity index (χ4v) is 5.49. The standard InChI is InChI=1S/C25H35N5O6S/c1-16-11-30(17(2)14-31)24(32)10-19-9-20(27-25(33)18-5-6-18)7-8-21(19)36-22(16)12-29(4)37(34,35)23-13-28(3)15-26-23/h7-9,13,15-18,22,31H,5-6,10-12,14H2,1-4H3,(H,27,33)/t16-,17+,22+/m1/s1. The van der Waals surface area contributed by atoms with Crippen LogP contribution in [0, 0.1) is 11.8 Å². The number of ether oxygens (including phenoxy) is 1. The summed E-state index contributed by atoms with van der Waals surface area (Å²) in [5.41, 5.74) is 1.16. The molecule has 202 valence electrons. The molecule has 1 aliphatic heterocycles. The number of aliphatic hydroxyl groups is 1. The van der Waals surface area contributed by atoms with Gasteiger partial charge in [-0.1, -0.05) is 6.92 Å². The number of sulfonamides is 1. The zero-order valence-electron chi connectivity index (χ0n) is 21.6. The first-order valence-electron chi connectivity index (χ1n) is 12.4. The summed E-state index contributed by atoms with van der Waals surface area (Å²) in [7, 11) is -0.691. The average molecular weight is 534 g/mol. The lowest BCUT2D eigenvalue weighted by Crippen LogP contribution is -2.48. The Balaban J connectivity index is 1.64.